The first-order valence-electron chi connectivity index (χ1n) is 9.44. The summed E-state index contributed by atoms with van der Waals surface area (Å²) in [6.07, 6.45) is 0.748. The third kappa shape index (κ3) is 4.03. The molecule has 2 N–H and O–H groups in total. The number of anilines is 1. The molecule has 0 unspecified atom stereocenters. The van der Waals surface area contributed by atoms with Gasteiger partial charge in [-0.15, -0.1) is 0 Å². The van der Waals surface area contributed by atoms with Crippen LogP contribution >= 0.6 is 11.3 Å². The number of amides is 1. The molecule has 0 atom stereocenters. The molecule has 3 aromatic rings. The first kappa shape index (κ1) is 20.7. The van der Waals surface area contributed by atoms with Gasteiger partial charge in [-0.25, -0.2) is 12.8 Å². The van der Waals surface area contributed by atoms with Crippen LogP contribution in [0, 0.1) is 18.7 Å². The molecule has 158 valence electrons. The van der Waals surface area contributed by atoms with Crippen LogP contribution in [0.3, 0.4) is 0 Å². The van der Waals surface area contributed by atoms with Gasteiger partial charge in [0.15, 0.2) is 0 Å². The normalized spacial score (nSPS) is 16.1. The number of aromatic nitrogens is 1. The van der Waals surface area contributed by atoms with Crippen LogP contribution in [0.5, 0.6) is 0 Å². The van der Waals surface area contributed by atoms with Gasteiger partial charge in [-0.1, -0.05) is 17.4 Å². The minimum Gasteiger partial charge on any atom is -0.326 e. The Hall–Kier alpha value is -2.56. The second-order valence-corrected chi connectivity index (χ2v) is 10.3. The Morgan fingerprint density at radius 1 is 1.20 bits per heavy atom. The maximum Gasteiger partial charge on any atom is 0.305 e. The summed E-state index contributed by atoms with van der Waals surface area (Å²) in [5.41, 5.74) is 1.49. The molecule has 30 heavy (non-hydrogen) atoms. The van der Waals surface area contributed by atoms with E-state index in [2.05, 4.69) is 10.3 Å². The maximum atomic E-state index is 13.7. The lowest BCUT2D eigenvalue weighted by Crippen LogP contribution is -2.41. The third-order valence-corrected chi connectivity index (χ3v) is 8.03. The van der Waals surface area contributed by atoms with E-state index in [1.165, 1.54) is 22.5 Å². The summed E-state index contributed by atoms with van der Waals surface area (Å²) in [6, 6.07) is 9.07. The number of carbonyl (C=O) groups is 1. The van der Waals surface area contributed by atoms with E-state index < -0.39 is 15.8 Å². The van der Waals surface area contributed by atoms with Gasteiger partial charge in [-0.2, -0.15) is 4.31 Å². The number of hydrogen-bond donors (Lipinski definition) is 2. The van der Waals surface area contributed by atoms with Crippen LogP contribution in [0.1, 0.15) is 18.4 Å². The van der Waals surface area contributed by atoms with Crippen molar-refractivity contribution in [3.63, 3.8) is 0 Å². The number of hydrogen-bond acceptors (Lipinski definition) is 5. The number of nitrogens with one attached hydrogen (secondary N) is 2. The van der Waals surface area contributed by atoms with Gasteiger partial charge >= 0.3 is 4.87 Å². The van der Waals surface area contributed by atoms with Crippen molar-refractivity contribution in [1.82, 2.24) is 9.29 Å². The number of fused-ring (bicyclic) bond motifs is 1. The summed E-state index contributed by atoms with van der Waals surface area (Å²) in [5.74, 6) is -0.981. The number of aryl methyl sites for hydroxylation is 1. The summed E-state index contributed by atoms with van der Waals surface area (Å²) in [5, 5.41) is 2.71. The van der Waals surface area contributed by atoms with Crippen LogP contribution in [0.4, 0.5) is 10.1 Å². The minimum atomic E-state index is -3.72. The molecule has 1 fully saturated rings. The zero-order valence-electron chi connectivity index (χ0n) is 16.1. The standard InChI is InChI=1S/C20H20FN3O4S2/c1-12-2-3-14(10-16(12)21)22-19(25)13-6-8-24(9-7-13)30(27,28)15-4-5-17-18(11-15)29-20(26)23-17/h2-5,10-11,13H,6-9H2,1H3,(H,22,25)(H,23,26). The lowest BCUT2D eigenvalue weighted by Gasteiger charge is -2.30. The highest BCUT2D eigenvalue weighted by atomic mass is 32.2. The van der Waals surface area contributed by atoms with Gasteiger partial charge in [-0.05, 0) is 55.7 Å². The second-order valence-electron chi connectivity index (χ2n) is 7.30. The molecule has 10 heteroatoms. The van der Waals surface area contributed by atoms with Crippen LogP contribution in [0.15, 0.2) is 46.1 Å². The van der Waals surface area contributed by atoms with Crippen molar-refractivity contribution in [1.29, 1.82) is 0 Å². The molecule has 2 aromatic carbocycles. The van der Waals surface area contributed by atoms with Crippen LogP contribution in [0.25, 0.3) is 10.2 Å². The largest absolute Gasteiger partial charge is 0.326 e. The van der Waals surface area contributed by atoms with Crippen LogP contribution < -0.4 is 10.2 Å². The molecule has 2 heterocycles. The summed E-state index contributed by atoms with van der Waals surface area (Å²) in [4.78, 5) is 26.5. The highest BCUT2D eigenvalue weighted by Gasteiger charge is 2.32. The number of aromatic amines is 1. The van der Waals surface area contributed by atoms with E-state index in [0.29, 0.717) is 34.3 Å². The predicted molar refractivity (Wildman–Crippen MR) is 114 cm³/mol. The van der Waals surface area contributed by atoms with Gasteiger partial charge in [0, 0.05) is 24.7 Å². The predicted octanol–water partition coefficient (Wildman–Crippen LogP) is 3.08. The number of benzene rings is 2. The zero-order chi connectivity index (χ0) is 21.5. The van der Waals surface area contributed by atoms with E-state index in [9.17, 15) is 22.4 Å². The number of nitrogens with zero attached hydrogens (tertiary/aromatic N) is 1. The molecule has 0 radical (unpaired) electrons. The minimum absolute atomic E-state index is 0.128. The number of H-pyrrole nitrogens is 1. The molecule has 1 saturated heterocycles. The van der Waals surface area contributed by atoms with E-state index in [-0.39, 0.29) is 34.7 Å². The molecule has 7 nitrogen and oxygen atoms in total. The van der Waals surface area contributed by atoms with Crippen molar-refractivity contribution >= 4 is 43.2 Å². The number of rotatable bonds is 4. The molecule has 1 aliphatic heterocycles. The monoisotopic (exact) mass is 449 g/mol. The van der Waals surface area contributed by atoms with Crippen LogP contribution in [0.2, 0.25) is 0 Å². The van der Waals surface area contributed by atoms with Gasteiger partial charge in [-0.3, -0.25) is 9.59 Å². The SMILES string of the molecule is Cc1ccc(NC(=O)C2CCN(S(=O)(=O)c3ccc4[nH]c(=O)sc4c3)CC2)cc1F. The molecule has 1 aromatic heterocycles. The first-order valence-corrected chi connectivity index (χ1v) is 11.7. The Bertz CT molecular complexity index is 1270. The molecule has 0 spiro atoms. The smallest absolute Gasteiger partial charge is 0.305 e. The molecule has 0 bridgehead atoms. The fourth-order valence-corrected chi connectivity index (χ4v) is 5.86. The van der Waals surface area contributed by atoms with Crippen molar-refractivity contribution in [2.45, 2.75) is 24.7 Å². The number of piperidine rings is 1. The topological polar surface area (TPSA) is 99.3 Å². The van der Waals surface area contributed by atoms with E-state index in [1.54, 1.807) is 25.1 Å². The van der Waals surface area contributed by atoms with Crippen molar-refractivity contribution < 1.29 is 17.6 Å². The highest BCUT2D eigenvalue weighted by molar-refractivity contribution is 7.89. The Morgan fingerprint density at radius 3 is 2.63 bits per heavy atom. The molecule has 1 amide bonds. The number of sulfonamides is 1. The molecular formula is C20H20FN3O4S2. The van der Waals surface area contributed by atoms with E-state index in [1.807, 2.05) is 0 Å². The fraction of sp³-hybridized carbons (Fsp3) is 0.300. The highest BCUT2D eigenvalue weighted by Crippen LogP contribution is 2.27. The van der Waals surface area contributed by atoms with Gasteiger partial charge in [0.25, 0.3) is 0 Å². The first-order chi connectivity index (χ1) is 14.2. The van der Waals surface area contributed by atoms with Crippen molar-refractivity contribution in [3.05, 3.63) is 57.4 Å². The van der Waals surface area contributed by atoms with Gasteiger partial charge in [0.1, 0.15) is 5.82 Å². The lowest BCUT2D eigenvalue weighted by atomic mass is 9.97. The van der Waals surface area contributed by atoms with E-state index >= 15 is 0 Å². The zero-order valence-corrected chi connectivity index (χ0v) is 17.8. The molecule has 0 aliphatic carbocycles. The molecule has 4 rings (SSSR count). The second kappa shape index (κ2) is 7.93. The Labute approximate surface area is 176 Å². The van der Waals surface area contributed by atoms with Crippen molar-refractivity contribution in [2.24, 2.45) is 5.92 Å². The van der Waals surface area contributed by atoms with Crippen molar-refractivity contribution in [3.8, 4) is 0 Å². The molecule has 1 aliphatic rings. The number of carbonyl (C=O) groups excluding carboxylic acids is 1. The summed E-state index contributed by atoms with van der Waals surface area (Å²) in [7, 11) is -3.72. The van der Waals surface area contributed by atoms with Gasteiger partial charge in [0.2, 0.25) is 15.9 Å². The summed E-state index contributed by atoms with van der Waals surface area (Å²) < 4.78 is 41.6. The van der Waals surface area contributed by atoms with Crippen molar-refractivity contribution in [2.75, 3.05) is 18.4 Å². The average Bonchev–Trinajstić information content (AvgIpc) is 3.10. The van der Waals surface area contributed by atoms with Crippen LogP contribution in [-0.4, -0.2) is 36.7 Å². The fourth-order valence-electron chi connectivity index (χ4n) is 3.51. The Kier molecular flexibility index (Phi) is 5.48. The number of halogens is 1. The lowest BCUT2D eigenvalue weighted by molar-refractivity contribution is -0.120. The van der Waals surface area contributed by atoms with Gasteiger partial charge < -0.3 is 10.3 Å². The van der Waals surface area contributed by atoms with E-state index in [4.69, 9.17) is 0 Å². The maximum absolute atomic E-state index is 13.7. The third-order valence-electron chi connectivity index (χ3n) is 5.29. The summed E-state index contributed by atoms with van der Waals surface area (Å²) in [6.45, 7) is 2.07. The van der Waals surface area contributed by atoms with E-state index in [0.717, 1.165) is 11.3 Å². The van der Waals surface area contributed by atoms with Gasteiger partial charge in [0.05, 0.1) is 15.1 Å². The Balaban J connectivity index is 1.43. The van der Waals surface area contributed by atoms with Crippen LogP contribution in [-0.2, 0) is 14.8 Å². The Morgan fingerprint density at radius 2 is 1.93 bits per heavy atom. The quantitative estimate of drug-likeness (QED) is 0.639. The summed E-state index contributed by atoms with van der Waals surface area (Å²) >= 11 is 0.962. The average molecular weight is 450 g/mol. The molecule has 0 saturated carbocycles. The number of thiazole rings is 1. The molecular weight excluding hydrogens is 429 g/mol.